The first kappa shape index (κ1) is 20.2. The molecule has 0 aliphatic rings. The molecule has 0 aromatic heterocycles. The lowest BCUT2D eigenvalue weighted by atomic mass is 10.1. The Labute approximate surface area is 149 Å². The van der Waals surface area contributed by atoms with Gasteiger partial charge in [0.2, 0.25) is 0 Å². The number of halogens is 6. The molecule has 0 radical (unpaired) electrons. The minimum Gasteiger partial charge on any atom is -0.322 e. The van der Waals surface area contributed by atoms with Gasteiger partial charge in [0.05, 0.1) is 16.7 Å². The summed E-state index contributed by atoms with van der Waals surface area (Å²) >= 11 is 1.07. The molecule has 0 saturated heterocycles. The van der Waals surface area contributed by atoms with Crippen molar-refractivity contribution >= 4 is 23.4 Å². The molecule has 140 valence electrons. The van der Waals surface area contributed by atoms with Gasteiger partial charge in [-0.3, -0.25) is 4.79 Å². The van der Waals surface area contributed by atoms with Crippen molar-refractivity contribution in [1.29, 1.82) is 0 Å². The third-order valence-electron chi connectivity index (χ3n) is 3.32. The second-order valence-electron chi connectivity index (χ2n) is 5.17. The number of carbonyl (C=O) groups is 1. The predicted molar refractivity (Wildman–Crippen MR) is 87.2 cm³/mol. The highest BCUT2D eigenvalue weighted by Crippen LogP contribution is 2.34. The molecular weight excluding hydrogens is 380 g/mol. The Balaban J connectivity index is 2.26. The maximum absolute atomic E-state index is 12.8. The van der Waals surface area contributed by atoms with Crippen molar-refractivity contribution < 1.29 is 31.1 Å². The number of amides is 1. The number of nitrogens with one attached hydrogen (secondary N) is 1. The van der Waals surface area contributed by atoms with Crippen molar-refractivity contribution in [3.63, 3.8) is 0 Å². The van der Waals surface area contributed by atoms with Gasteiger partial charge in [0.15, 0.2) is 0 Å². The zero-order chi connectivity index (χ0) is 19.5. The van der Waals surface area contributed by atoms with Gasteiger partial charge in [0.1, 0.15) is 0 Å². The molecule has 2 aromatic rings. The van der Waals surface area contributed by atoms with Gasteiger partial charge in [-0.15, -0.1) is 11.8 Å². The van der Waals surface area contributed by atoms with Crippen LogP contribution in [0.1, 0.15) is 28.4 Å². The lowest BCUT2D eigenvalue weighted by molar-refractivity contribution is -0.138. The van der Waals surface area contributed by atoms with Crippen molar-refractivity contribution in [1.82, 2.24) is 0 Å². The highest BCUT2D eigenvalue weighted by molar-refractivity contribution is 7.99. The summed E-state index contributed by atoms with van der Waals surface area (Å²) in [5.74, 6) is -0.253. The normalized spacial score (nSPS) is 12.1. The molecule has 0 spiro atoms. The molecule has 0 aliphatic heterocycles. The van der Waals surface area contributed by atoms with Crippen LogP contribution in [0.3, 0.4) is 0 Å². The van der Waals surface area contributed by atoms with Crippen molar-refractivity contribution in [2.45, 2.75) is 24.2 Å². The van der Waals surface area contributed by atoms with Gasteiger partial charge in [-0.2, -0.15) is 26.3 Å². The van der Waals surface area contributed by atoms with E-state index in [4.69, 9.17) is 0 Å². The molecule has 0 saturated carbocycles. The predicted octanol–water partition coefficient (Wildman–Crippen LogP) is 6.09. The summed E-state index contributed by atoms with van der Waals surface area (Å²) in [5.41, 5.74) is -1.62. The Kier molecular flexibility index (Phi) is 5.90. The molecule has 0 heterocycles. The SMILES string of the molecule is CCSc1cc(C(F)(F)F)ccc1C(=O)Nc1ccc(C(F)(F)F)cc1. The topological polar surface area (TPSA) is 29.1 Å². The molecule has 2 rings (SSSR count). The number of anilines is 1. The second-order valence-corrected chi connectivity index (χ2v) is 6.48. The molecule has 0 atom stereocenters. The number of carbonyl (C=O) groups excluding carboxylic acids is 1. The number of alkyl halides is 6. The number of hydrogen-bond acceptors (Lipinski definition) is 2. The molecule has 0 unspecified atom stereocenters. The summed E-state index contributed by atoms with van der Waals surface area (Å²) in [6.07, 6.45) is -9.04. The Morgan fingerprint density at radius 1 is 0.923 bits per heavy atom. The monoisotopic (exact) mass is 393 g/mol. The fraction of sp³-hybridized carbons (Fsp3) is 0.235. The van der Waals surface area contributed by atoms with E-state index < -0.39 is 29.4 Å². The molecule has 2 aromatic carbocycles. The van der Waals surface area contributed by atoms with Crippen LogP contribution in [0, 0.1) is 0 Å². The fourth-order valence-electron chi connectivity index (χ4n) is 2.10. The summed E-state index contributed by atoms with van der Waals surface area (Å²) in [6, 6.07) is 6.51. The Hall–Kier alpha value is -2.16. The summed E-state index contributed by atoms with van der Waals surface area (Å²) in [6.45, 7) is 1.72. The van der Waals surface area contributed by atoms with Crippen LogP contribution in [0.4, 0.5) is 32.0 Å². The third-order valence-corrected chi connectivity index (χ3v) is 4.26. The standard InChI is InChI=1S/C17H13F6NOS/c1-2-26-14-9-11(17(21,22)23)5-8-13(14)15(25)24-12-6-3-10(4-7-12)16(18,19)20/h3-9H,2H2,1H3,(H,24,25). The maximum Gasteiger partial charge on any atom is 0.416 e. The molecule has 1 amide bonds. The van der Waals surface area contributed by atoms with Gasteiger partial charge < -0.3 is 5.32 Å². The van der Waals surface area contributed by atoms with Crippen LogP contribution in [0.2, 0.25) is 0 Å². The summed E-state index contributed by atoms with van der Waals surface area (Å²) in [7, 11) is 0. The highest BCUT2D eigenvalue weighted by Gasteiger charge is 2.32. The van der Waals surface area contributed by atoms with E-state index in [-0.39, 0.29) is 16.1 Å². The first-order chi connectivity index (χ1) is 12.0. The largest absolute Gasteiger partial charge is 0.416 e. The summed E-state index contributed by atoms with van der Waals surface area (Å²) in [5, 5.41) is 2.39. The van der Waals surface area contributed by atoms with E-state index in [2.05, 4.69) is 5.32 Å². The summed E-state index contributed by atoms with van der Waals surface area (Å²) in [4.78, 5) is 12.5. The van der Waals surface area contributed by atoms with Crippen LogP contribution in [-0.2, 0) is 12.4 Å². The average molecular weight is 393 g/mol. The molecule has 0 fully saturated rings. The van der Waals surface area contributed by atoms with E-state index in [0.717, 1.165) is 54.2 Å². The fourth-order valence-corrected chi connectivity index (χ4v) is 2.94. The van der Waals surface area contributed by atoms with Crippen LogP contribution < -0.4 is 5.32 Å². The lowest BCUT2D eigenvalue weighted by Gasteiger charge is -2.13. The second kappa shape index (κ2) is 7.61. The first-order valence-electron chi connectivity index (χ1n) is 7.35. The van der Waals surface area contributed by atoms with E-state index in [1.807, 2.05) is 0 Å². The number of thioether (sulfide) groups is 1. The number of benzene rings is 2. The van der Waals surface area contributed by atoms with Crippen LogP contribution in [0.25, 0.3) is 0 Å². The smallest absolute Gasteiger partial charge is 0.322 e. The zero-order valence-electron chi connectivity index (χ0n) is 13.3. The van der Waals surface area contributed by atoms with E-state index in [1.54, 1.807) is 6.92 Å². The van der Waals surface area contributed by atoms with E-state index >= 15 is 0 Å². The molecular formula is C17H13F6NOS. The Bertz CT molecular complexity index is 783. The highest BCUT2D eigenvalue weighted by atomic mass is 32.2. The molecule has 9 heteroatoms. The van der Waals surface area contributed by atoms with Crippen LogP contribution in [0.15, 0.2) is 47.4 Å². The van der Waals surface area contributed by atoms with Gasteiger partial charge in [0.25, 0.3) is 5.91 Å². The van der Waals surface area contributed by atoms with Gasteiger partial charge >= 0.3 is 12.4 Å². The van der Waals surface area contributed by atoms with E-state index in [0.29, 0.717) is 5.75 Å². The van der Waals surface area contributed by atoms with Crippen molar-refractivity contribution in [3.05, 3.63) is 59.2 Å². The minimum absolute atomic E-state index is 0.0183. The van der Waals surface area contributed by atoms with Crippen molar-refractivity contribution in [2.24, 2.45) is 0 Å². The van der Waals surface area contributed by atoms with Crippen molar-refractivity contribution in [2.75, 3.05) is 11.1 Å². The molecule has 26 heavy (non-hydrogen) atoms. The van der Waals surface area contributed by atoms with Crippen molar-refractivity contribution in [3.8, 4) is 0 Å². The van der Waals surface area contributed by atoms with E-state index in [9.17, 15) is 31.1 Å². The Morgan fingerprint density at radius 3 is 1.96 bits per heavy atom. The van der Waals surface area contributed by atoms with Crippen LogP contribution in [-0.4, -0.2) is 11.7 Å². The first-order valence-corrected chi connectivity index (χ1v) is 8.33. The zero-order valence-corrected chi connectivity index (χ0v) is 14.1. The van der Waals surface area contributed by atoms with Gasteiger partial charge in [-0.25, -0.2) is 0 Å². The van der Waals surface area contributed by atoms with Gasteiger partial charge in [-0.1, -0.05) is 6.92 Å². The molecule has 0 bridgehead atoms. The molecule has 1 N–H and O–H groups in total. The third kappa shape index (κ3) is 4.94. The van der Waals surface area contributed by atoms with Crippen LogP contribution in [0.5, 0.6) is 0 Å². The number of hydrogen-bond donors (Lipinski definition) is 1. The molecule has 0 aliphatic carbocycles. The molecule has 2 nitrogen and oxygen atoms in total. The van der Waals surface area contributed by atoms with Gasteiger partial charge in [-0.05, 0) is 48.2 Å². The van der Waals surface area contributed by atoms with E-state index in [1.165, 1.54) is 0 Å². The quantitative estimate of drug-likeness (QED) is 0.503. The summed E-state index contributed by atoms with van der Waals surface area (Å²) < 4.78 is 76.1. The van der Waals surface area contributed by atoms with Crippen LogP contribution >= 0.6 is 11.8 Å². The average Bonchev–Trinajstić information content (AvgIpc) is 2.54. The number of rotatable bonds is 4. The lowest BCUT2D eigenvalue weighted by Crippen LogP contribution is -2.15. The Morgan fingerprint density at radius 2 is 1.46 bits per heavy atom. The van der Waals surface area contributed by atoms with Gasteiger partial charge in [0, 0.05) is 10.6 Å². The minimum atomic E-state index is -4.54. The maximum atomic E-state index is 12.8.